The second-order valence-corrected chi connectivity index (χ2v) is 5.22. The molecule has 0 amide bonds. The summed E-state index contributed by atoms with van der Waals surface area (Å²) in [4.78, 5) is 0. The van der Waals surface area contributed by atoms with Crippen LogP contribution in [0.2, 0.25) is 5.02 Å². The molecule has 16 heavy (non-hydrogen) atoms. The normalized spacial score (nSPS) is 25.6. The van der Waals surface area contributed by atoms with Crippen molar-refractivity contribution in [3.8, 4) is 0 Å². The molecule has 2 atom stereocenters. The summed E-state index contributed by atoms with van der Waals surface area (Å²) in [5.41, 5.74) is 1.31. The van der Waals surface area contributed by atoms with Crippen molar-refractivity contribution < 1.29 is 0 Å². The van der Waals surface area contributed by atoms with Crippen LogP contribution in [0.15, 0.2) is 24.3 Å². The fourth-order valence-corrected chi connectivity index (χ4v) is 2.93. The van der Waals surface area contributed by atoms with Gasteiger partial charge in [-0.25, -0.2) is 0 Å². The molecule has 1 N–H and O–H groups in total. The Bertz CT molecular complexity index is 337. The van der Waals surface area contributed by atoms with Crippen LogP contribution in [0.3, 0.4) is 0 Å². The summed E-state index contributed by atoms with van der Waals surface area (Å²) in [6.45, 7) is 0. The Morgan fingerprint density at radius 2 is 2.12 bits per heavy atom. The van der Waals surface area contributed by atoms with Crippen LogP contribution in [0.4, 0.5) is 0 Å². The molecular formula is C14H20ClN. The topological polar surface area (TPSA) is 12.0 Å². The van der Waals surface area contributed by atoms with Crippen molar-refractivity contribution in [2.24, 2.45) is 5.92 Å². The number of nitrogens with one attached hydrogen (secondary N) is 1. The SMILES string of the molecule is CNC1CCCC(Cc2ccccc2Cl)C1. The molecule has 0 aromatic heterocycles. The zero-order valence-electron chi connectivity index (χ0n) is 9.88. The molecule has 1 aliphatic carbocycles. The lowest BCUT2D eigenvalue weighted by Crippen LogP contribution is -2.31. The lowest BCUT2D eigenvalue weighted by atomic mass is 9.82. The summed E-state index contributed by atoms with van der Waals surface area (Å²) >= 11 is 6.20. The summed E-state index contributed by atoms with van der Waals surface area (Å²) < 4.78 is 0. The van der Waals surface area contributed by atoms with Crippen molar-refractivity contribution >= 4 is 11.6 Å². The van der Waals surface area contributed by atoms with Crippen molar-refractivity contribution in [3.63, 3.8) is 0 Å². The third kappa shape index (κ3) is 2.99. The molecule has 0 bridgehead atoms. The molecule has 1 nitrogen and oxygen atoms in total. The summed E-state index contributed by atoms with van der Waals surface area (Å²) in [5.74, 6) is 0.797. The smallest absolute Gasteiger partial charge is 0.0438 e. The Hall–Kier alpha value is -0.530. The second-order valence-electron chi connectivity index (χ2n) is 4.81. The van der Waals surface area contributed by atoms with Gasteiger partial charge in [-0.2, -0.15) is 0 Å². The molecule has 0 radical (unpaired) electrons. The molecule has 88 valence electrons. The third-order valence-electron chi connectivity index (χ3n) is 3.66. The van der Waals surface area contributed by atoms with Gasteiger partial charge in [-0.15, -0.1) is 0 Å². The monoisotopic (exact) mass is 237 g/mol. The van der Waals surface area contributed by atoms with E-state index in [1.54, 1.807) is 0 Å². The van der Waals surface area contributed by atoms with Gasteiger partial charge in [0.15, 0.2) is 0 Å². The Kier molecular flexibility index (Phi) is 4.25. The molecule has 0 spiro atoms. The first-order chi connectivity index (χ1) is 7.79. The molecule has 0 saturated heterocycles. The van der Waals surface area contributed by atoms with E-state index in [2.05, 4.69) is 24.5 Å². The Balaban J connectivity index is 1.97. The summed E-state index contributed by atoms with van der Waals surface area (Å²) in [6, 6.07) is 8.95. The van der Waals surface area contributed by atoms with Gasteiger partial charge in [-0.05, 0) is 43.9 Å². The van der Waals surface area contributed by atoms with Crippen molar-refractivity contribution in [1.82, 2.24) is 5.32 Å². The molecule has 1 aromatic rings. The first-order valence-corrected chi connectivity index (χ1v) is 6.58. The van der Waals surface area contributed by atoms with E-state index in [-0.39, 0.29) is 0 Å². The molecule has 1 aromatic carbocycles. The van der Waals surface area contributed by atoms with E-state index in [0.29, 0.717) is 6.04 Å². The maximum Gasteiger partial charge on any atom is 0.0438 e. The average Bonchev–Trinajstić information content (AvgIpc) is 2.32. The first-order valence-electron chi connectivity index (χ1n) is 6.20. The fraction of sp³-hybridized carbons (Fsp3) is 0.571. The van der Waals surface area contributed by atoms with E-state index in [0.717, 1.165) is 17.4 Å². The highest BCUT2D eigenvalue weighted by Gasteiger charge is 2.21. The molecule has 1 saturated carbocycles. The molecule has 2 heteroatoms. The maximum atomic E-state index is 6.20. The van der Waals surface area contributed by atoms with Crippen LogP contribution in [0, 0.1) is 5.92 Å². The molecule has 1 fully saturated rings. The predicted octanol–water partition coefficient (Wildman–Crippen LogP) is 3.66. The lowest BCUT2D eigenvalue weighted by Gasteiger charge is -2.29. The van der Waals surface area contributed by atoms with Crippen LogP contribution >= 0.6 is 11.6 Å². The molecule has 0 heterocycles. The molecule has 2 rings (SSSR count). The van der Waals surface area contributed by atoms with Crippen molar-refractivity contribution in [1.29, 1.82) is 0 Å². The Labute approximate surface area is 103 Å². The highest BCUT2D eigenvalue weighted by Crippen LogP contribution is 2.29. The lowest BCUT2D eigenvalue weighted by molar-refractivity contribution is 0.294. The van der Waals surface area contributed by atoms with Gasteiger partial charge >= 0.3 is 0 Å². The number of halogens is 1. The van der Waals surface area contributed by atoms with E-state index in [1.807, 2.05) is 12.1 Å². The summed E-state index contributed by atoms with van der Waals surface area (Å²) in [7, 11) is 2.07. The number of hydrogen-bond acceptors (Lipinski definition) is 1. The van der Waals surface area contributed by atoms with Gasteiger partial charge in [0, 0.05) is 11.1 Å². The standard InChI is InChI=1S/C14H20ClN/c1-16-13-7-4-5-11(10-13)9-12-6-2-3-8-14(12)15/h2-3,6,8,11,13,16H,4-5,7,9-10H2,1H3. The van der Waals surface area contributed by atoms with Gasteiger partial charge < -0.3 is 5.32 Å². The Morgan fingerprint density at radius 1 is 1.31 bits per heavy atom. The Morgan fingerprint density at radius 3 is 2.88 bits per heavy atom. The highest BCUT2D eigenvalue weighted by molar-refractivity contribution is 6.31. The quantitative estimate of drug-likeness (QED) is 0.846. The van der Waals surface area contributed by atoms with Gasteiger partial charge in [0.1, 0.15) is 0 Å². The first kappa shape index (κ1) is 11.9. The van der Waals surface area contributed by atoms with Gasteiger partial charge in [0.25, 0.3) is 0 Å². The van der Waals surface area contributed by atoms with Crippen LogP contribution < -0.4 is 5.32 Å². The number of rotatable bonds is 3. The minimum atomic E-state index is 0.709. The minimum Gasteiger partial charge on any atom is -0.317 e. The van der Waals surface area contributed by atoms with Crippen LogP contribution in [-0.2, 0) is 6.42 Å². The highest BCUT2D eigenvalue weighted by atomic mass is 35.5. The zero-order chi connectivity index (χ0) is 11.4. The average molecular weight is 238 g/mol. The fourth-order valence-electron chi connectivity index (χ4n) is 2.71. The van der Waals surface area contributed by atoms with Gasteiger partial charge in [-0.3, -0.25) is 0 Å². The number of benzene rings is 1. The van der Waals surface area contributed by atoms with Gasteiger partial charge in [0.2, 0.25) is 0 Å². The second kappa shape index (κ2) is 5.70. The van der Waals surface area contributed by atoms with Crippen molar-refractivity contribution in [2.75, 3.05) is 7.05 Å². The van der Waals surface area contributed by atoms with Crippen LogP contribution in [-0.4, -0.2) is 13.1 Å². The molecule has 1 aliphatic rings. The third-order valence-corrected chi connectivity index (χ3v) is 4.03. The van der Waals surface area contributed by atoms with Crippen LogP contribution in [0.1, 0.15) is 31.2 Å². The summed E-state index contributed by atoms with van der Waals surface area (Å²) in [5, 5.41) is 4.33. The van der Waals surface area contributed by atoms with Gasteiger partial charge in [-0.1, -0.05) is 42.6 Å². The zero-order valence-corrected chi connectivity index (χ0v) is 10.6. The summed E-state index contributed by atoms with van der Waals surface area (Å²) in [6.07, 6.45) is 6.46. The van der Waals surface area contributed by atoms with E-state index < -0.39 is 0 Å². The van der Waals surface area contributed by atoms with E-state index in [4.69, 9.17) is 11.6 Å². The van der Waals surface area contributed by atoms with E-state index in [9.17, 15) is 0 Å². The van der Waals surface area contributed by atoms with E-state index >= 15 is 0 Å². The van der Waals surface area contributed by atoms with Crippen molar-refractivity contribution in [3.05, 3.63) is 34.9 Å². The van der Waals surface area contributed by atoms with E-state index in [1.165, 1.54) is 31.2 Å². The van der Waals surface area contributed by atoms with Crippen LogP contribution in [0.5, 0.6) is 0 Å². The molecular weight excluding hydrogens is 218 g/mol. The van der Waals surface area contributed by atoms with Crippen molar-refractivity contribution in [2.45, 2.75) is 38.1 Å². The molecule has 2 unspecified atom stereocenters. The largest absolute Gasteiger partial charge is 0.317 e. The minimum absolute atomic E-state index is 0.709. The maximum absolute atomic E-state index is 6.20. The predicted molar refractivity (Wildman–Crippen MR) is 70.0 cm³/mol. The van der Waals surface area contributed by atoms with Crippen LogP contribution in [0.25, 0.3) is 0 Å². The number of hydrogen-bond donors (Lipinski definition) is 1. The van der Waals surface area contributed by atoms with Gasteiger partial charge in [0.05, 0.1) is 0 Å². The molecule has 0 aliphatic heterocycles.